The van der Waals surface area contributed by atoms with E-state index >= 15 is 0 Å². The first-order valence-corrected chi connectivity index (χ1v) is 30.0. The molecule has 0 aliphatic rings. The van der Waals surface area contributed by atoms with Gasteiger partial charge in [0.1, 0.15) is 6.10 Å². The summed E-state index contributed by atoms with van der Waals surface area (Å²) >= 11 is 0. The Morgan fingerprint density at radius 2 is 0.688 bits per heavy atom. The van der Waals surface area contributed by atoms with Crippen LogP contribution in [0, 0.1) is 0 Å². The third kappa shape index (κ3) is 52.5. The third-order valence-electron chi connectivity index (χ3n) is 13.0. The van der Waals surface area contributed by atoms with Crippen LogP contribution in [-0.4, -0.2) is 49.9 Å². The highest BCUT2D eigenvalue weighted by Crippen LogP contribution is 2.43. The maximum Gasteiger partial charge on any atom is 0.472 e. The lowest BCUT2D eigenvalue weighted by molar-refractivity contribution is -0.154. The highest BCUT2D eigenvalue weighted by atomic mass is 31.2. The van der Waals surface area contributed by atoms with Gasteiger partial charge in [0.2, 0.25) is 0 Å². The first-order chi connectivity index (χ1) is 31.4. The average molecular weight is 930 g/mol. The predicted molar refractivity (Wildman–Crippen MR) is 275 cm³/mol. The molecular formula is C55H112NO7P. The molecule has 8 nitrogen and oxygen atoms in total. The van der Waals surface area contributed by atoms with Crippen molar-refractivity contribution in [2.75, 3.05) is 33.0 Å². The molecule has 3 N–H and O–H groups in total. The van der Waals surface area contributed by atoms with Gasteiger partial charge in [-0.05, 0) is 12.8 Å². The molecule has 0 aliphatic heterocycles. The molecule has 384 valence electrons. The molecule has 0 amide bonds. The summed E-state index contributed by atoms with van der Waals surface area (Å²) in [6.45, 7) is 5.02. The molecule has 0 aromatic heterocycles. The third-order valence-corrected chi connectivity index (χ3v) is 14.0. The van der Waals surface area contributed by atoms with Gasteiger partial charge in [0.05, 0.1) is 19.8 Å². The number of phosphoric acid groups is 1. The zero-order valence-corrected chi connectivity index (χ0v) is 44.0. The van der Waals surface area contributed by atoms with E-state index in [9.17, 15) is 14.3 Å². The molecule has 2 atom stereocenters. The molecular weight excluding hydrogens is 818 g/mol. The summed E-state index contributed by atoms with van der Waals surface area (Å²) in [5.74, 6) is -0.319. The number of rotatable bonds is 56. The number of unbranched alkanes of at least 4 members (excludes halogenated alkanes) is 43. The summed E-state index contributed by atoms with van der Waals surface area (Å²) in [5.41, 5.74) is 5.40. The van der Waals surface area contributed by atoms with Crippen molar-refractivity contribution in [3.05, 3.63) is 0 Å². The van der Waals surface area contributed by atoms with Gasteiger partial charge in [-0.1, -0.05) is 290 Å². The molecule has 9 heteroatoms. The first-order valence-electron chi connectivity index (χ1n) is 28.5. The Morgan fingerprint density at radius 1 is 0.406 bits per heavy atom. The van der Waals surface area contributed by atoms with Crippen LogP contribution in [0.25, 0.3) is 0 Å². The minimum absolute atomic E-state index is 0.0895. The minimum atomic E-state index is -4.28. The van der Waals surface area contributed by atoms with Crippen LogP contribution in [0.1, 0.15) is 309 Å². The molecule has 64 heavy (non-hydrogen) atoms. The summed E-state index contributed by atoms with van der Waals surface area (Å²) < 4.78 is 33.7. The van der Waals surface area contributed by atoms with Gasteiger partial charge >= 0.3 is 13.8 Å². The van der Waals surface area contributed by atoms with Crippen molar-refractivity contribution in [2.24, 2.45) is 5.73 Å². The minimum Gasteiger partial charge on any atom is -0.457 e. The zero-order chi connectivity index (χ0) is 46.5. The number of nitrogens with two attached hydrogens (primary N) is 1. The predicted octanol–water partition coefficient (Wildman–Crippen LogP) is 18.0. The van der Waals surface area contributed by atoms with Gasteiger partial charge in [-0.15, -0.1) is 0 Å². The van der Waals surface area contributed by atoms with Crippen molar-refractivity contribution in [3.63, 3.8) is 0 Å². The lowest BCUT2D eigenvalue weighted by atomic mass is 10.0. The Morgan fingerprint density at radius 3 is 0.984 bits per heavy atom. The molecule has 0 aromatic carbocycles. The summed E-state index contributed by atoms with van der Waals surface area (Å²) in [6.07, 6.45) is 60.1. The maximum atomic E-state index is 12.7. The number of carbonyl (C=O) groups is 1. The second-order valence-electron chi connectivity index (χ2n) is 19.5. The molecule has 0 saturated carbocycles. The van der Waals surface area contributed by atoms with Crippen molar-refractivity contribution >= 4 is 13.8 Å². The lowest BCUT2D eigenvalue weighted by Crippen LogP contribution is -2.28. The normalized spacial score (nSPS) is 13.1. The molecule has 0 saturated heterocycles. The van der Waals surface area contributed by atoms with Crippen molar-refractivity contribution in [1.29, 1.82) is 0 Å². The van der Waals surface area contributed by atoms with Crippen LogP contribution < -0.4 is 5.73 Å². The van der Waals surface area contributed by atoms with Crippen LogP contribution in [0.3, 0.4) is 0 Å². The van der Waals surface area contributed by atoms with Gasteiger partial charge < -0.3 is 20.1 Å². The molecule has 0 bridgehead atoms. The number of carbonyl (C=O) groups excluding carboxylic acids is 1. The SMILES string of the molecule is CCCCCCCCCCCCCCCCCCCCCCCCCCOCC(COP(=O)(O)OCCN)OC(=O)CCCCCCCCCCCCCCCCCCCCCCC. The summed E-state index contributed by atoms with van der Waals surface area (Å²) in [7, 11) is -4.28. The number of phosphoric ester groups is 1. The Labute approximate surface area is 399 Å². The van der Waals surface area contributed by atoms with Crippen LogP contribution in [0.4, 0.5) is 0 Å². The van der Waals surface area contributed by atoms with Gasteiger partial charge in [-0.2, -0.15) is 0 Å². The van der Waals surface area contributed by atoms with Gasteiger partial charge in [0.15, 0.2) is 0 Å². The van der Waals surface area contributed by atoms with E-state index < -0.39 is 13.9 Å². The Bertz CT molecular complexity index is 955. The topological polar surface area (TPSA) is 117 Å². The van der Waals surface area contributed by atoms with Crippen molar-refractivity contribution < 1.29 is 32.8 Å². The van der Waals surface area contributed by atoms with Gasteiger partial charge in [0.25, 0.3) is 0 Å². The van der Waals surface area contributed by atoms with E-state index in [2.05, 4.69) is 13.8 Å². The Hall–Kier alpha value is -0.500. The van der Waals surface area contributed by atoms with Crippen molar-refractivity contribution in [2.45, 2.75) is 315 Å². The quantitative estimate of drug-likeness (QED) is 0.0352. The number of esters is 1. The van der Waals surface area contributed by atoms with Gasteiger partial charge in [0, 0.05) is 19.6 Å². The molecule has 0 heterocycles. The maximum absolute atomic E-state index is 12.7. The van der Waals surface area contributed by atoms with E-state index in [1.165, 1.54) is 257 Å². The van der Waals surface area contributed by atoms with Crippen LogP contribution in [0.2, 0.25) is 0 Å². The van der Waals surface area contributed by atoms with Crippen LogP contribution in [-0.2, 0) is 27.9 Å². The molecule has 0 aliphatic carbocycles. The fourth-order valence-corrected chi connectivity index (χ4v) is 9.59. The molecule has 0 fully saturated rings. The number of hydrogen-bond acceptors (Lipinski definition) is 7. The summed E-state index contributed by atoms with van der Waals surface area (Å²) in [6, 6.07) is 0. The molecule has 0 rings (SSSR count). The Kier molecular flexibility index (Phi) is 53.0. The van der Waals surface area contributed by atoms with Crippen LogP contribution in [0.15, 0.2) is 0 Å². The van der Waals surface area contributed by atoms with E-state index in [1.54, 1.807) is 0 Å². The van der Waals surface area contributed by atoms with Crippen LogP contribution >= 0.6 is 7.82 Å². The molecule has 0 radical (unpaired) electrons. The number of hydrogen-bond donors (Lipinski definition) is 2. The van der Waals surface area contributed by atoms with E-state index in [1.807, 2.05) is 0 Å². The van der Waals surface area contributed by atoms with Crippen molar-refractivity contribution in [3.8, 4) is 0 Å². The Balaban J connectivity index is 3.82. The van der Waals surface area contributed by atoms with E-state index in [0.29, 0.717) is 13.0 Å². The largest absolute Gasteiger partial charge is 0.472 e. The fourth-order valence-electron chi connectivity index (χ4n) is 8.83. The monoisotopic (exact) mass is 930 g/mol. The second-order valence-corrected chi connectivity index (χ2v) is 21.0. The van der Waals surface area contributed by atoms with Gasteiger partial charge in [-0.25, -0.2) is 4.57 Å². The fraction of sp³-hybridized carbons (Fsp3) is 0.982. The van der Waals surface area contributed by atoms with E-state index in [-0.39, 0.29) is 32.3 Å². The van der Waals surface area contributed by atoms with Gasteiger partial charge in [-0.3, -0.25) is 13.8 Å². The first kappa shape index (κ1) is 63.5. The summed E-state index contributed by atoms with van der Waals surface area (Å²) in [4.78, 5) is 22.6. The summed E-state index contributed by atoms with van der Waals surface area (Å²) in [5, 5.41) is 0. The second kappa shape index (κ2) is 53.5. The highest BCUT2D eigenvalue weighted by Gasteiger charge is 2.25. The molecule has 0 spiro atoms. The zero-order valence-electron chi connectivity index (χ0n) is 43.1. The van der Waals surface area contributed by atoms with Crippen LogP contribution in [0.5, 0.6) is 0 Å². The average Bonchev–Trinajstić information content (AvgIpc) is 3.29. The molecule has 2 unspecified atom stereocenters. The van der Waals surface area contributed by atoms with E-state index in [4.69, 9.17) is 24.3 Å². The standard InChI is InChI=1S/C55H112NO7P/c1-3-5-7-9-11-13-15-17-19-21-23-25-26-27-29-31-33-35-37-39-41-43-45-47-50-60-52-54(53-62-64(58,59)61-51-49-56)63-55(57)48-46-44-42-40-38-36-34-32-30-28-24-22-20-18-16-14-12-10-8-6-4-2/h54H,3-53,56H2,1-2H3,(H,58,59). The highest BCUT2D eigenvalue weighted by molar-refractivity contribution is 7.47. The lowest BCUT2D eigenvalue weighted by Gasteiger charge is -2.20. The van der Waals surface area contributed by atoms with Crippen molar-refractivity contribution in [1.82, 2.24) is 0 Å². The number of ether oxygens (including phenoxy) is 2. The smallest absolute Gasteiger partial charge is 0.457 e. The van der Waals surface area contributed by atoms with E-state index in [0.717, 1.165) is 32.1 Å². The molecule has 0 aromatic rings.